The van der Waals surface area contributed by atoms with Crippen LogP contribution in [0.5, 0.6) is 5.75 Å². The first-order chi connectivity index (χ1) is 7.26. The summed E-state index contributed by atoms with van der Waals surface area (Å²) in [5, 5.41) is 3.37. The maximum atomic E-state index is 5.20. The SMILES string of the molecule is CCNCC(C)Cc1cccc(OC)c1. The summed E-state index contributed by atoms with van der Waals surface area (Å²) in [5.74, 6) is 1.61. The molecule has 0 heterocycles. The first-order valence-corrected chi connectivity index (χ1v) is 5.60. The van der Waals surface area contributed by atoms with Crippen LogP contribution < -0.4 is 10.1 Å². The first kappa shape index (κ1) is 12.1. The molecule has 0 aliphatic carbocycles. The molecule has 0 bridgehead atoms. The molecule has 0 aliphatic heterocycles. The van der Waals surface area contributed by atoms with Gasteiger partial charge in [0.05, 0.1) is 7.11 Å². The molecule has 1 aromatic rings. The Labute approximate surface area is 92.6 Å². The number of methoxy groups -OCH3 is 1. The summed E-state index contributed by atoms with van der Waals surface area (Å²) in [4.78, 5) is 0. The largest absolute Gasteiger partial charge is 0.497 e. The van der Waals surface area contributed by atoms with Crippen molar-refractivity contribution in [2.75, 3.05) is 20.2 Å². The average molecular weight is 207 g/mol. The summed E-state index contributed by atoms with van der Waals surface area (Å²) in [6.45, 7) is 6.52. The standard InChI is InChI=1S/C13H21NO/c1-4-14-10-11(2)8-12-6-5-7-13(9-12)15-3/h5-7,9,11,14H,4,8,10H2,1-3H3. The molecule has 0 radical (unpaired) electrons. The van der Waals surface area contributed by atoms with E-state index in [1.54, 1.807) is 7.11 Å². The monoisotopic (exact) mass is 207 g/mol. The van der Waals surface area contributed by atoms with E-state index in [2.05, 4.69) is 31.3 Å². The topological polar surface area (TPSA) is 21.3 Å². The summed E-state index contributed by atoms with van der Waals surface area (Å²) < 4.78 is 5.20. The van der Waals surface area contributed by atoms with Crippen molar-refractivity contribution >= 4 is 0 Å². The minimum absolute atomic E-state index is 0.664. The van der Waals surface area contributed by atoms with E-state index in [-0.39, 0.29) is 0 Å². The van der Waals surface area contributed by atoms with Crippen LogP contribution in [0.2, 0.25) is 0 Å². The fourth-order valence-electron chi connectivity index (χ4n) is 1.66. The smallest absolute Gasteiger partial charge is 0.119 e. The van der Waals surface area contributed by atoms with Gasteiger partial charge in [0.2, 0.25) is 0 Å². The zero-order valence-corrected chi connectivity index (χ0v) is 9.92. The third-order valence-electron chi connectivity index (χ3n) is 2.46. The molecule has 1 N–H and O–H groups in total. The first-order valence-electron chi connectivity index (χ1n) is 5.60. The van der Waals surface area contributed by atoms with Crippen molar-refractivity contribution in [2.45, 2.75) is 20.3 Å². The van der Waals surface area contributed by atoms with Crippen LogP contribution in [0.1, 0.15) is 19.4 Å². The fourth-order valence-corrected chi connectivity index (χ4v) is 1.66. The van der Waals surface area contributed by atoms with Gasteiger partial charge in [0.15, 0.2) is 0 Å². The van der Waals surface area contributed by atoms with Crippen LogP contribution in [-0.2, 0) is 6.42 Å². The molecule has 0 aromatic heterocycles. The van der Waals surface area contributed by atoms with Crippen molar-refractivity contribution in [1.29, 1.82) is 0 Å². The zero-order valence-electron chi connectivity index (χ0n) is 9.92. The van der Waals surface area contributed by atoms with Gasteiger partial charge in [0.25, 0.3) is 0 Å². The second-order valence-corrected chi connectivity index (χ2v) is 3.97. The van der Waals surface area contributed by atoms with Gasteiger partial charge in [0.1, 0.15) is 5.75 Å². The number of benzene rings is 1. The van der Waals surface area contributed by atoms with Crippen LogP contribution >= 0.6 is 0 Å². The summed E-state index contributed by atoms with van der Waals surface area (Å²) in [6, 6.07) is 8.31. The lowest BCUT2D eigenvalue weighted by Gasteiger charge is -2.12. The highest BCUT2D eigenvalue weighted by molar-refractivity contribution is 5.28. The number of hydrogen-bond acceptors (Lipinski definition) is 2. The van der Waals surface area contributed by atoms with Gasteiger partial charge in [-0.1, -0.05) is 26.0 Å². The Kier molecular flexibility index (Phi) is 5.19. The van der Waals surface area contributed by atoms with Crippen LogP contribution in [0.15, 0.2) is 24.3 Å². The molecule has 1 aromatic carbocycles. The quantitative estimate of drug-likeness (QED) is 0.773. The summed E-state index contributed by atoms with van der Waals surface area (Å²) in [7, 11) is 1.71. The van der Waals surface area contributed by atoms with E-state index in [0.29, 0.717) is 5.92 Å². The Hall–Kier alpha value is -1.02. The highest BCUT2D eigenvalue weighted by Gasteiger charge is 2.03. The number of nitrogens with one attached hydrogen (secondary N) is 1. The molecule has 0 fully saturated rings. The van der Waals surface area contributed by atoms with E-state index >= 15 is 0 Å². The fraction of sp³-hybridized carbons (Fsp3) is 0.538. The summed E-state index contributed by atoms with van der Waals surface area (Å²) >= 11 is 0. The van der Waals surface area contributed by atoms with Crippen molar-refractivity contribution in [3.63, 3.8) is 0 Å². The molecule has 1 atom stereocenters. The van der Waals surface area contributed by atoms with Gasteiger partial charge in [-0.25, -0.2) is 0 Å². The minimum Gasteiger partial charge on any atom is -0.497 e. The lowest BCUT2D eigenvalue weighted by Crippen LogP contribution is -2.21. The van der Waals surface area contributed by atoms with E-state index in [0.717, 1.165) is 25.3 Å². The summed E-state index contributed by atoms with van der Waals surface area (Å²) in [5.41, 5.74) is 1.35. The zero-order chi connectivity index (χ0) is 11.1. The molecule has 15 heavy (non-hydrogen) atoms. The molecule has 0 saturated heterocycles. The van der Waals surface area contributed by atoms with Gasteiger partial charge in [-0.2, -0.15) is 0 Å². The van der Waals surface area contributed by atoms with Gasteiger partial charge < -0.3 is 10.1 Å². The lowest BCUT2D eigenvalue weighted by molar-refractivity contribution is 0.413. The third-order valence-corrected chi connectivity index (χ3v) is 2.46. The van der Waals surface area contributed by atoms with E-state index in [4.69, 9.17) is 4.74 Å². The van der Waals surface area contributed by atoms with E-state index < -0.39 is 0 Å². The molecule has 0 spiro atoms. The van der Waals surface area contributed by atoms with E-state index in [1.165, 1.54) is 5.56 Å². The molecule has 84 valence electrons. The molecule has 1 unspecified atom stereocenters. The molecule has 1 rings (SSSR count). The van der Waals surface area contributed by atoms with Crippen LogP contribution in [0.3, 0.4) is 0 Å². The van der Waals surface area contributed by atoms with Crippen LogP contribution in [0.4, 0.5) is 0 Å². The lowest BCUT2D eigenvalue weighted by atomic mass is 10.0. The van der Waals surface area contributed by atoms with Crippen molar-refractivity contribution in [3.8, 4) is 5.75 Å². The van der Waals surface area contributed by atoms with Crippen LogP contribution in [0.25, 0.3) is 0 Å². The normalized spacial score (nSPS) is 12.5. The van der Waals surface area contributed by atoms with E-state index in [1.807, 2.05) is 12.1 Å². The average Bonchev–Trinajstić information content (AvgIpc) is 2.26. The Morgan fingerprint density at radius 3 is 2.87 bits per heavy atom. The van der Waals surface area contributed by atoms with Gasteiger partial charge in [0, 0.05) is 0 Å². The molecule has 0 aliphatic rings. The Balaban J connectivity index is 2.48. The molecular weight excluding hydrogens is 186 g/mol. The van der Waals surface area contributed by atoms with Gasteiger partial charge >= 0.3 is 0 Å². The van der Waals surface area contributed by atoms with E-state index in [9.17, 15) is 0 Å². The predicted octanol–water partition coefficient (Wildman–Crippen LogP) is 2.48. The molecule has 0 amide bonds. The summed E-state index contributed by atoms with van der Waals surface area (Å²) in [6.07, 6.45) is 1.10. The molecule has 2 nitrogen and oxygen atoms in total. The van der Waals surface area contributed by atoms with Gasteiger partial charge in [-0.3, -0.25) is 0 Å². The van der Waals surface area contributed by atoms with Crippen molar-refractivity contribution in [3.05, 3.63) is 29.8 Å². The second kappa shape index (κ2) is 6.46. The Morgan fingerprint density at radius 2 is 2.20 bits per heavy atom. The number of ether oxygens (including phenoxy) is 1. The number of hydrogen-bond donors (Lipinski definition) is 1. The second-order valence-electron chi connectivity index (χ2n) is 3.97. The molecular formula is C13H21NO. The number of rotatable bonds is 6. The minimum atomic E-state index is 0.664. The Bertz CT molecular complexity index is 286. The highest BCUT2D eigenvalue weighted by Crippen LogP contribution is 2.15. The van der Waals surface area contributed by atoms with Crippen molar-refractivity contribution in [2.24, 2.45) is 5.92 Å². The maximum Gasteiger partial charge on any atom is 0.119 e. The highest BCUT2D eigenvalue weighted by atomic mass is 16.5. The third kappa shape index (κ3) is 4.34. The Morgan fingerprint density at radius 1 is 1.40 bits per heavy atom. The molecule has 0 saturated carbocycles. The maximum absolute atomic E-state index is 5.20. The van der Waals surface area contributed by atoms with Crippen LogP contribution in [0, 0.1) is 5.92 Å². The predicted molar refractivity (Wildman–Crippen MR) is 64.4 cm³/mol. The van der Waals surface area contributed by atoms with Crippen LogP contribution in [-0.4, -0.2) is 20.2 Å². The van der Waals surface area contributed by atoms with Crippen molar-refractivity contribution in [1.82, 2.24) is 5.32 Å². The molecule has 2 heteroatoms. The van der Waals surface area contributed by atoms with Gasteiger partial charge in [-0.15, -0.1) is 0 Å². The van der Waals surface area contributed by atoms with Crippen molar-refractivity contribution < 1.29 is 4.74 Å². The van der Waals surface area contributed by atoms with Gasteiger partial charge in [-0.05, 0) is 43.1 Å².